The van der Waals surface area contributed by atoms with Crippen LogP contribution in [0.25, 0.3) is 0 Å². The van der Waals surface area contributed by atoms with Crippen LogP contribution in [0.5, 0.6) is 5.75 Å². The molecule has 1 amide bonds. The normalized spacial score (nSPS) is 20.4. The summed E-state index contributed by atoms with van der Waals surface area (Å²) in [6.45, 7) is 4.02. The Hall–Kier alpha value is -1.82. The number of hydrogen-bond donors (Lipinski definition) is 1. The van der Waals surface area contributed by atoms with Crippen molar-refractivity contribution in [1.82, 2.24) is 4.90 Å². The van der Waals surface area contributed by atoms with Crippen LogP contribution in [0.2, 0.25) is 0 Å². The predicted molar refractivity (Wildman–Crippen MR) is 92.7 cm³/mol. The van der Waals surface area contributed by atoms with E-state index < -0.39 is 5.43 Å². The fraction of sp³-hybridized carbons (Fsp3) is 0.684. The largest absolute Gasteiger partial charge is 0.502 e. The minimum absolute atomic E-state index is 0.0439. The number of carbonyl (C=O) groups excluding carboxylic acids is 1. The van der Waals surface area contributed by atoms with Gasteiger partial charge < -0.3 is 19.2 Å². The summed E-state index contributed by atoms with van der Waals surface area (Å²) < 4.78 is 11.1. The second-order valence-electron chi connectivity index (χ2n) is 7.14. The molecule has 0 aromatic carbocycles. The van der Waals surface area contributed by atoms with Crippen molar-refractivity contribution in [1.29, 1.82) is 0 Å². The van der Waals surface area contributed by atoms with Crippen molar-refractivity contribution in [2.75, 3.05) is 26.3 Å². The number of nitrogens with zero attached hydrogens (tertiary/aromatic N) is 1. The maximum atomic E-state index is 12.8. The molecule has 1 aliphatic heterocycles. The van der Waals surface area contributed by atoms with Crippen LogP contribution < -0.4 is 5.43 Å². The van der Waals surface area contributed by atoms with Gasteiger partial charge in [0.25, 0.3) is 0 Å². The Balaban J connectivity index is 1.87. The minimum Gasteiger partial charge on any atom is -0.502 e. The second-order valence-corrected chi connectivity index (χ2v) is 7.14. The molecule has 0 radical (unpaired) electrons. The minimum atomic E-state index is -0.432. The van der Waals surface area contributed by atoms with Crippen LogP contribution in [-0.2, 0) is 9.53 Å². The highest BCUT2D eigenvalue weighted by molar-refractivity contribution is 5.77. The summed E-state index contributed by atoms with van der Waals surface area (Å²) in [6, 6.07) is 1.29. The first-order chi connectivity index (χ1) is 12.1. The summed E-state index contributed by atoms with van der Waals surface area (Å²) >= 11 is 0. The second kappa shape index (κ2) is 8.04. The van der Waals surface area contributed by atoms with E-state index in [4.69, 9.17) is 9.15 Å². The van der Waals surface area contributed by atoms with Gasteiger partial charge in [0.1, 0.15) is 5.76 Å². The molecule has 2 heterocycles. The molecule has 1 atom stereocenters. The average molecular weight is 349 g/mol. The third-order valence-corrected chi connectivity index (χ3v) is 5.39. The van der Waals surface area contributed by atoms with Gasteiger partial charge in [0.05, 0.1) is 13.2 Å². The summed E-state index contributed by atoms with van der Waals surface area (Å²) in [4.78, 5) is 26.6. The molecule has 1 aliphatic carbocycles. The molecule has 6 nitrogen and oxygen atoms in total. The monoisotopic (exact) mass is 349 g/mol. The van der Waals surface area contributed by atoms with Crippen molar-refractivity contribution >= 4 is 5.91 Å². The maximum Gasteiger partial charge on any atom is 0.227 e. The van der Waals surface area contributed by atoms with Gasteiger partial charge in [0, 0.05) is 31.5 Å². The average Bonchev–Trinajstić information content (AvgIpc) is 2.64. The quantitative estimate of drug-likeness (QED) is 0.904. The van der Waals surface area contributed by atoms with E-state index in [0.717, 1.165) is 25.7 Å². The fourth-order valence-corrected chi connectivity index (χ4v) is 4.02. The van der Waals surface area contributed by atoms with Gasteiger partial charge in [0.2, 0.25) is 17.1 Å². The first-order valence-corrected chi connectivity index (χ1v) is 9.25. The van der Waals surface area contributed by atoms with Crippen molar-refractivity contribution < 1.29 is 19.1 Å². The van der Waals surface area contributed by atoms with Crippen molar-refractivity contribution in [2.45, 2.75) is 51.4 Å². The Morgan fingerprint density at radius 1 is 1.28 bits per heavy atom. The Morgan fingerprint density at radius 3 is 2.64 bits per heavy atom. The van der Waals surface area contributed by atoms with E-state index in [2.05, 4.69) is 0 Å². The van der Waals surface area contributed by atoms with E-state index >= 15 is 0 Å². The molecule has 1 N–H and O–H groups in total. The molecule has 1 aromatic heterocycles. The van der Waals surface area contributed by atoms with Crippen LogP contribution in [0.4, 0.5) is 0 Å². The van der Waals surface area contributed by atoms with Crippen LogP contribution in [0.15, 0.2) is 15.3 Å². The van der Waals surface area contributed by atoms with Gasteiger partial charge >= 0.3 is 0 Å². The van der Waals surface area contributed by atoms with Crippen molar-refractivity contribution in [3.63, 3.8) is 0 Å². The number of aromatic hydroxyl groups is 1. The molecular weight excluding hydrogens is 322 g/mol. The summed E-state index contributed by atoms with van der Waals surface area (Å²) in [7, 11) is 0. The topological polar surface area (TPSA) is 80.0 Å². The first kappa shape index (κ1) is 18.0. The number of morpholine rings is 1. The first-order valence-electron chi connectivity index (χ1n) is 9.25. The molecular formula is C19H27NO5. The van der Waals surface area contributed by atoms with E-state index in [1.165, 1.54) is 12.5 Å². The number of hydrogen-bond acceptors (Lipinski definition) is 5. The van der Waals surface area contributed by atoms with Gasteiger partial charge in [-0.1, -0.05) is 19.3 Å². The molecule has 1 saturated carbocycles. The summed E-state index contributed by atoms with van der Waals surface area (Å²) in [6.07, 6.45) is 5.69. The van der Waals surface area contributed by atoms with E-state index in [0.29, 0.717) is 37.8 Å². The van der Waals surface area contributed by atoms with Gasteiger partial charge in [-0.3, -0.25) is 9.59 Å². The van der Waals surface area contributed by atoms with Crippen LogP contribution in [0.3, 0.4) is 0 Å². The summed E-state index contributed by atoms with van der Waals surface area (Å²) in [5.41, 5.74) is -0.432. The summed E-state index contributed by atoms with van der Waals surface area (Å²) in [5, 5.41) is 10.3. The maximum absolute atomic E-state index is 12.8. The molecule has 0 spiro atoms. The Kier molecular flexibility index (Phi) is 5.78. The number of carbonyl (C=O) groups is 1. The molecule has 2 aliphatic rings. The molecule has 138 valence electrons. The van der Waals surface area contributed by atoms with Crippen molar-refractivity contribution in [3.05, 3.63) is 27.8 Å². The van der Waals surface area contributed by atoms with Crippen LogP contribution in [0.1, 0.15) is 56.0 Å². The number of amides is 1. The molecule has 3 rings (SSSR count). The Morgan fingerprint density at radius 2 is 1.96 bits per heavy atom. The molecule has 1 aromatic rings. The molecule has 0 unspecified atom stereocenters. The van der Waals surface area contributed by atoms with E-state index in [1.807, 2.05) is 4.90 Å². The number of rotatable bonds is 4. The lowest BCUT2D eigenvalue weighted by atomic mass is 9.77. The highest BCUT2D eigenvalue weighted by Crippen LogP contribution is 2.41. The van der Waals surface area contributed by atoms with Crippen LogP contribution >= 0.6 is 0 Å². The standard InChI is InChI=1S/C19H27NO5/c1-13-11-16(21)18(23)19(25-13)15(14-5-3-2-4-6-14)12-17(22)20-7-9-24-10-8-20/h11,14-15,23H,2-10,12H2,1H3/t15-/m1/s1. The van der Waals surface area contributed by atoms with E-state index in [9.17, 15) is 14.7 Å². The van der Waals surface area contributed by atoms with E-state index in [-0.39, 0.29) is 29.9 Å². The summed E-state index contributed by atoms with van der Waals surface area (Å²) in [5.74, 6) is 0.479. The van der Waals surface area contributed by atoms with Gasteiger partial charge in [-0.2, -0.15) is 0 Å². The van der Waals surface area contributed by atoms with Crippen molar-refractivity contribution in [3.8, 4) is 5.75 Å². The highest BCUT2D eigenvalue weighted by atomic mass is 16.5. The third-order valence-electron chi connectivity index (χ3n) is 5.39. The van der Waals surface area contributed by atoms with Gasteiger partial charge in [-0.25, -0.2) is 0 Å². The van der Waals surface area contributed by atoms with Crippen LogP contribution in [-0.4, -0.2) is 42.2 Å². The molecule has 6 heteroatoms. The van der Waals surface area contributed by atoms with Gasteiger partial charge in [-0.15, -0.1) is 0 Å². The Bertz CT molecular complexity index is 656. The fourth-order valence-electron chi connectivity index (χ4n) is 4.02. The molecule has 1 saturated heterocycles. The number of ether oxygens (including phenoxy) is 1. The zero-order valence-corrected chi connectivity index (χ0v) is 14.8. The van der Waals surface area contributed by atoms with Crippen LogP contribution in [0, 0.1) is 12.8 Å². The van der Waals surface area contributed by atoms with Gasteiger partial charge in [-0.05, 0) is 25.7 Å². The Labute approximate surface area is 147 Å². The lowest BCUT2D eigenvalue weighted by molar-refractivity contribution is -0.136. The highest BCUT2D eigenvalue weighted by Gasteiger charge is 2.33. The third kappa shape index (κ3) is 4.24. The molecule has 0 bridgehead atoms. The van der Waals surface area contributed by atoms with E-state index in [1.54, 1.807) is 6.92 Å². The lowest BCUT2D eigenvalue weighted by Crippen LogP contribution is -2.41. The SMILES string of the molecule is Cc1cc(=O)c(O)c([C@H](CC(=O)N2CCOCC2)C2CCCCC2)o1. The number of aryl methyl sites for hydroxylation is 1. The zero-order valence-electron chi connectivity index (χ0n) is 14.8. The predicted octanol–water partition coefficient (Wildman–Crippen LogP) is 2.57. The lowest BCUT2D eigenvalue weighted by Gasteiger charge is -2.32. The zero-order chi connectivity index (χ0) is 17.8. The smallest absolute Gasteiger partial charge is 0.227 e. The molecule has 2 fully saturated rings. The molecule has 25 heavy (non-hydrogen) atoms. The van der Waals surface area contributed by atoms with Gasteiger partial charge in [0.15, 0.2) is 5.76 Å². The van der Waals surface area contributed by atoms with Crippen molar-refractivity contribution in [2.24, 2.45) is 5.92 Å².